The van der Waals surface area contributed by atoms with Crippen LogP contribution in [0.15, 0.2) is 0 Å². The molecule has 6 radical (unpaired) electrons. The van der Waals surface area contributed by atoms with Gasteiger partial charge >= 0.3 is 64.0 Å². The van der Waals surface area contributed by atoms with E-state index >= 15 is 0 Å². The second-order valence-electron chi connectivity index (χ2n) is 5.11. The van der Waals surface area contributed by atoms with Crippen molar-refractivity contribution < 1.29 is 0 Å². The topological polar surface area (TPSA) is 0 Å². The van der Waals surface area contributed by atoms with E-state index in [1.54, 1.807) is 0 Å². The van der Waals surface area contributed by atoms with Crippen LogP contribution in [0, 0.1) is 0 Å². The predicted octanol–water partition coefficient (Wildman–Crippen LogP) is 3.93. The Morgan fingerprint density at radius 2 is 0.733 bits per heavy atom. The van der Waals surface area contributed by atoms with E-state index in [0.29, 0.717) is 0 Å². The normalized spacial score (nSPS) is 9.20. The monoisotopic (exact) mass is 388 g/mol. The molecule has 0 aromatic rings. The first-order chi connectivity index (χ1) is 6.46. The molecule has 0 aromatic heterocycles. The van der Waals surface area contributed by atoms with Gasteiger partial charge in [0.2, 0.25) is 0 Å². The molecule has 0 aliphatic carbocycles. The summed E-state index contributed by atoms with van der Waals surface area (Å²) in [6.45, 7) is 19.7. The van der Waals surface area contributed by atoms with Crippen LogP contribution < -0.4 is 0 Å². The fraction of sp³-hybridized carbons (Fsp3) is 1.00. The molecule has 0 aliphatic rings. The van der Waals surface area contributed by atoms with Crippen molar-refractivity contribution in [2.24, 2.45) is 0 Å². The van der Waals surface area contributed by atoms with Crippen molar-refractivity contribution in [1.82, 2.24) is 0 Å². The van der Waals surface area contributed by atoms with Gasteiger partial charge in [-0.2, -0.15) is 0 Å². The molecule has 0 aromatic carbocycles. The fourth-order valence-corrected chi connectivity index (χ4v) is 0. The summed E-state index contributed by atoms with van der Waals surface area (Å²) in [7, 11) is 0.241. The molecule has 15 heavy (non-hydrogen) atoms. The minimum atomic E-state index is -0.736. The van der Waals surface area contributed by atoms with E-state index in [4.69, 9.17) is 0 Å². The summed E-state index contributed by atoms with van der Waals surface area (Å²) >= 11 is 5.12. The van der Waals surface area contributed by atoms with E-state index in [2.05, 4.69) is 74.3 Å². The quantitative estimate of drug-likeness (QED) is 0.554. The van der Waals surface area contributed by atoms with E-state index in [9.17, 15) is 0 Å². The number of hydrogen-bond donors (Lipinski definition) is 0. The van der Waals surface area contributed by atoms with Gasteiger partial charge in [-0.25, -0.2) is 0 Å². The maximum atomic E-state index is 3.12. The molecule has 5 heteroatoms. The van der Waals surface area contributed by atoms with Gasteiger partial charge in [0.15, 0.2) is 0 Å². The Balaban J connectivity index is -0.0000000562. The zero-order chi connectivity index (χ0) is 13.7. The molecule has 0 heterocycles. The van der Waals surface area contributed by atoms with Crippen LogP contribution in [0.25, 0.3) is 0 Å². The first kappa shape index (κ1) is 25.5. The number of hydrogen-bond acceptors (Lipinski definition) is 0. The molecular weight excluding hydrogens is 356 g/mol. The summed E-state index contributed by atoms with van der Waals surface area (Å²) in [5.74, 6) is 2.00. The molecular formula is C10H30GeSeSi3. The van der Waals surface area contributed by atoms with Gasteiger partial charge in [0.25, 0.3) is 0 Å². The molecule has 0 N–H and O–H groups in total. The predicted molar refractivity (Wildman–Crippen MR) is 87.4 cm³/mol. The fourth-order valence-electron chi connectivity index (χ4n) is 0. The first-order valence-electron chi connectivity index (χ1n) is 5.20. The van der Waals surface area contributed by atoms with Crippen LogP contribution in [0.4, 0.5) is 0 Å². The molecule has 0 unspecified atom stereocenters. The molecule has 0 fully saturated rings. The molecule has 0 saturated carbocycles. The molecule has 0 aliphatic heterocycles. The number of rotatable bonds is 0. The zero-order valence-corrected chi connectivity index (χ0v) is 19.2. The van der Waals surface area contributed by atoms with Gasteiger partial charge in [-0.15, -0.1) is 0 Å². The van der Waals surface area contributed by atoms with Gasteiger partial charge in [-0.05, 0) is 0 Å². The Morgan fingerprint density at radius 3 is 0.733 bits per heavy atom. The minimum absolute atomic E-state index is 0.120. The molecule has 0 atom stereocenters. The van der Waals surface area contributed by atoms with Crippen molar-refractivity contribution in [2.45, 2.75) is 64.7 Å². The molecule has 92 valence electrons. The van der Waals surface area contributed by atoms with Crippen LogP contribution in [-0.4, -0.2) is 56.2 Å². The SMILES string of the molecule is C[Si](C)(C)[Se].C[Si](C)C.C[Si](C)C.[CH3][Ge]. The second-order valence-corrected chi connectivity index (χ2v) is 23.0. The van der Waals surface area contributed by atoms with E-state index in [-0.39, 0.29) is 17.6 Å². The third-order valence-electron chi connectivity index (χ3n) is 0. The van der Waals surface area contributed by atoms with Gasteiger partial charge in [0, 0.05) is 17.6 Å². The first-order valence-corrected chi connectivity index (χ1v) is 19.3. The Morgan fingerprint density at radius 1 is 0.733 bits per heavy atom. The molecule has 0 saturated heterocycles. The maximum absolute atomic E-state index is 3.12. The van der Waals surface area contributed by atoms with Gasteiger partial charge in [0.1, 0.15) is 0 Å². The van der Waals surface area contributed by atoms with E-state index in [1.165, 1.54) is 0 Å². The summed E-state index contributed by atoms with van der Waals surface area (Å²) in [6.07, 6.45) is 0. The van der Waals surface area contributed by atoms with E-state index in [1.807, 2.05) is 22.3 Å². The van der Waals surface area contributed by atoms with E-state index in [0.717, 1.165) is 0 Å². The Hall–Kier alpha value is 1.71. The van der Waals surface area contributed by atoms with Crippen LogP contribution in [0.5, 0.6) is 0 Å². The summed E-state index contributed by atoms with van der Waals surface area (Å²) in [5, 5.41) is 0. The summed E-state index contributed by atoms with van der Waals surface area (Å²) in [6, 6.07) is 0. The molecule has 0 spiro atoms. The van der Waals surface area contributed by atoms with E-state index < -0.39 is 6.68 Å². The third-order valence-corrected chi connectivity index (χ3v) is 0. The summed E-state index contributed by atoms with van der Waals surface area (Å²) in [4.78, 5) is 0. The van der Waals surface area contributed by atoms with Crippen molar-refractivity contribution in [3.63, 3.8) is 0 Å². The average Bonchev–Trinajstić information content (AvgIpc) is 1.83. The van der Waals surface area contributed by atoms with Gasteiger partial charge < -0.3 is 0 Å². The van der Waals surface area contributed by atoms with Crippen LogP contribution in [0.2, 0.25) is 64.7 Å². The van der Waals surface area contributed by atoms with Crippen LogP contribution >= 0.6 is 0 Å². The second kappa shape index (κ2) is 18.1. The molecule has 0 rings (SSSR count). The molecule has 0 amide bonds. The summed E-state index contributed by atoms with van der Waals surface area (Å²) in [5.41, 5.74) is 0. The standard InChI is InChI=1S/C3H9SeSi.2C3H9Si.CH3Ge/c1-5(2,3)4;2*1-4(2)3;1-2/h1-3H3;2*1-3H3;1H3. The van der Waals surface area contributed by atoms with Crippen molar-refractivity contribution >= 4 is 56.2 Å². The summed E-state index contributed by atoms with van der Waals surface area (Å²) < 4.78 is 0. The Labute approximate surface area is 120 Å². The van der Waals surface area contributed by atoms with Crippen molar-refractivity contribution in [1.29, 1.82) is 0 Å². The van der Waals surface area contributed by atoms with Gasteiger partial charge in [-0.3, -0.25) is 0 Å². The van der Waals surface area contributed by atoms with Crippen LogP contribution in [0.3, 0.4) is 0 Å². The van der Waals surface area contributed by atoms with Crippen molar-refractivity contribution in [3.05, 3.63) is 0 Å². The Kier molecular flexibility index (Phi) is 30.8. The van der Waals surface area contributed by atoms with Crippen LogP contribution in [-0.2, 0) is 0 Å². The van der Waals surface area contributed by atoms with Crippen LogP contribution in [0.1, 0.15) is 0 Å². The van der Waals surface area contributed by atoms with Gasteiger partial charge in [0.05, 0.1) is 0 Å². The van der Waals surface area contributed by atoms with Crippen molar-refractivity contribution in [2.75, 3.05) is 0 Å². The zero-order valence-electron chi connectivity index (χ0n) is 12.4. The van der Waals surface area contributed by atoms with Crippen molar-refractivity contribution in [3.8, 4) is 0 Å². The van der Waals surface area contributed by atoms with Gasteiger partial charge in [-0.1, -0.05) is 39.3 Å². The third kappa shape index (κ3) is 1010. The molecule has 0 nitrogen and oxygen atoms in total. The average molecular weight is 386 g/mol. The Bertz CT molecular complexity index is 75.6. The molecule has 0 bridgehead atoms.